The van der Waals surface area contributed by atoms with Crippen LogP contribution in [-0.2, 0) is 32.3 Å². The van der Waals surface area contributed by atoms with Crippen molar-refractivity contribution in [3.63, 3.8) is 0 Å². The van der Waals surface area contributed by atoms with Crippen molar-refractivity contribution in [3.05, 3.63) is 92.9 Å². The molecule has 0 aliphatic rings. The van der Waals surface area contributed by atoms with Gasteiger partial charge in [0, 0.05) is 13.1 Å². The summed E-state index contributed by atoms with van der Waals surface area (Å²) < 4.78 is 69.3. The smallest absolute Gasteiger partial charge is 0.355 e. The van der Waals surface area contributed by atoms with Crippen LogP contribution in [0.3, 0.4) is 0 Å². The van der Waals surface area contributed by atoms with E-state index in [1.165, 1.54) is 41.3 Å². The quantitative estimate of drug-likeness (QED) is 0.244. The molecule has 0 aliphatic carbocycles. The molecule has 42 heavy (non-hydrogen) atoms. The molecule has 0 bridgehead atoms. The topological polar surface area (TPSA) is 86.8 Å². The summed E-state index contributed by atoms with van der Waals surface area (Å²) in [5.41, 5.74) is -1.22. The number of benzene rings is 3. The Hall–Kier alpha value is -2.99. The minimum atomic E-state index is -4.90. The van der Waals surface area contributed by atoms with Gasteiger partial charge in [-0.25, -0.2) is 8.42 Å². The number of halogens is 6. The van der Waals surface area contributed by atoms with E-state index in [4.69, 9.17) is 34.8 Å². The van der Waals surface area contributed by atoms with Gasteiger partial charge in [0.25, 0.3) is 10.0 Å². The predicted octanol–water partition coefficient (Wildman–Crippen LogP) is 6.80. The van der Waals surface area contributed by atoms with Gasteiger partial charge in [0.15, 0.2) is 0 Å². The fraction of sp³-hybridized carbons (Fsp3) is 0.286. The van der Waals surface area contributed by atoms with Crippen molar-refractivity contribution in [1.29, 1.82) is 0 Å². The van der Waals surface area contributed by atoms with E-state index in [1.54, 1.807) is 26.0 Å². The maximum Gasteiger partial charge on any atom is 0.417 e. The summed E-state index contributed by atoms with van der Waals surface area (Å²) in [5, 5.41) is 2.48. The van der Waals surface area contributed by atoms with Gasteiger partial charge in [-0.15, -0.1) is 0 Å². The Balaban J connectivity index is 2.15. The molecular formula is C28H27Cl3F3N3O4S. The monoisotopic (exact) mass is 663 g/mol. The molecule has 0 radical (unpaired) electrons. The number of nitrogens with one attached hydrogen (secondary N) is 1. The molecule has 0 fully saturated rings. The van der Waals surface area contributed by atoms with E-state index >= 15 is 0 Å². The zero-order valence-corrected chi connectivity index (χ0v) is 25.5. The molecule has 3 aromatic carbocycles. The molecule has 0 aromatic heterocycles. The van der Waals surface area contributed by atoms with Crippen LogP contribution in [0.5, 0.6) is 0 Å². The van der Waals surface area contributed by atoms with Gasteiger partial charge >= 0.3 is 6.18 Å². The second-order valence-electron chi connectivity index (χ2n) is 9.08. The zero-order valence-electron chi connectivity index (χ0n) is 22.5. The summed E-state index contributed by atoms with van der Waals surface area (Å²) in [6, 6.07) is 13.1. The molecule has 2 amide bonds. The predicted molar refractivity (Wildman–Crippen MR) is 157 cm³/mol. The Morgan fingerprint density at radius 1 is 0.905 bits per heavy atom. The summed E-state index contributed by atoms with van der Waals surface area (Å²) in [5.74, 6) is -1.33. The second-order valence-corrected chi connectivity index (χ2v) is 12.2. The first-order valence-electron chi connectivity index (χ1n) is 12.7. The van der Waals surface area contributed by atoms with E-state index in [0.29, 0.717) is 15.9 Å². The molecule has 7 nitrogen and oxygen atoms in total. The van der Waals surface area contributed by atoms with Crippen molar-refractivity contribution in [3.8, 4) is 0 Å². The van der Waals surface area contributed by atoms with E-state index < -0.39 is 56.9 Å². The Morgan fingerprint density at radius 2 is 1.55 bits per heavy atom. The first-order chi connectivity index (χ1) is 19.7. The molecule has 226 valence electrons. The van der Waals surface area contributed by atoms with Crippen molar-refractivity contribution >= 4 is 62.3 Å². The number of hydrogen-bond acceptors (Lipinski definition) is 4. The van der Waals surface area contributed by atoms with E-state index in [1.807, 2.05) is 0 Å². The number of amides is 2. The van der Waals surface area contributed by atoms with Gasteiger partial charge < -0.3 is 10.2 Å². The van der Waals surface area contributed by atoms with Gasteiger partial charge in [0.1, 0.15) is 12.6 Å². The van der Waals surface area contributed by atoms with Gasteiger partial charge in [-0.3, -0.25) is 13.9 Å². The second kappa shape index (κ2) is 14.0. The van der Waals surface area contributed by atoms with Crippen molar-refractivity contribution < 1.29 is 31.2 Å². The summed E-state index contributed by atoms with van der Waals surface area (Å²) >= 11 is 18.0. The highest BCUT2D eigenvalue weighted by Crippen LogP contribution is 2.38. The lowest BCUT2D eigenvalue weighted by molar-refractivity contribution is -0.140. The molecule has 14 heteroatoms. The molecule has 0 heterocycles. The van der Waals surface area contributed by atoms with E-state index in [0.717, 1.165) is 12.1 Å². The van der Waals surface area contributed by atoms with Gasteiger partial charge in [-0.1, -0.05) is 66.0 Å². The normalized spacial score (nSPS) is 12.5. The number of likely N-dealkylation sites (N-methyl/N-ethyl adjacent to an activating group) is 1. The summed E-state index contributed by atoms with van der Waals surface area (Å²) in [7, 11) is -4.57. The lowest BCUT2D eigenvalue weighted by Gasteiger charge is -2.33. The lowest BCUT2D eigenvalue weighted by atomic mass is 10.1. The Labute approximate surface area is 257 Å². The highest BCUT2D eigenvalue weighted by atomic mass is 35.5. The van der Waals surface area contributed by atoms with Gasteiger partial charge in [0.05, 0.1) is 31.2 Å². The highest BCUT2D eigenvalue weighted by molar-refractivity contribution is 7.92. The van der Waals surface area contributed by atoms with Crippen LogP contribution in [0.1, 0.15) is 31.4 Å². The molecular weight excluding hydrogens is 638 g/mol. The third kappa shape index (κ3) is 7.89. The fourth-order valence-corrected chi connectivity index (χ4v) is 6.15. The summed E-state index contributed by atoms with van der Waals surface area (Å²) in [6.07, 6.45) is -4.74. The number of rotatable bonds is 11. The van der Waals surface area contributed by atoms with Crippen LogP contribution in [-0.4, -0.2) is 44.3 Å². The number of carbonyl (C=O) groups is 2. The molecule has 0 spiro atoms. The minimum Gasteiger partial charge on any atom is -0.355 e. The van der Waals surface area contributed by atoms with Crippen LogP contribution >= 0.6 is 34.8 Å². The Kier molecular flexibility index (Phi) is 11.2. The number of carbonyl (C=O) groups excluding carboxylic acids is 2. The van der Waals surface area contributed by atoms with Crippen molar-refractivity contribution in [1.82, 2.24) is 10.2 Å². The van der Waals surface area contributed by atoms with E-state index in [2.05, 4.69) is 5.32 Å². The third-order valence-electron chi connectivity index (χ3n) is 6.23. The van der Waals surface area contributed by atoms with Crippen molar-refractivity contribution in [2.75, 3.05) is 17.4 Å². The molecule has 1 N–H and O–H groups in total. The molecule has 0 saturated carbocycles. The molecule has 0 saturated heterocycles. The first kappa shape index (κ1) is 33.5. The summed E-state index contributed by atoms with van der Waals surface area (Å²) in [6.45, 7) is 2.54. The van der Waals surface area contributed by atoms with Crippen molar-refractivity contribution in [2.45, 2.75) is 43.9 Å². The zero-order chi connectivity index (χ0) is 31.2. The Morgan fingerprint density at radius 3 is 2.12 bits per heavy atom. The van der Waals surface area contributed by atoms with Gasteiger partial charge in [-0.2, -0.15) is 13.2 Å². The molecule has 3 rings (SSSR count). The van der Waals surface area contributed by atoms with Gasteiger partial charge in [-0.05, 0) is 61.4 Å². The van der Waals surface area contributed by atoms with E-state index in [9.17, 15) is 31.2 Å². The minimum absolute atomic E-state index is 0.156. The van der Waals surface area contributed by atoms with E-state index in [-0.39, 0.29) is 34.5 Å². The Bertz CT molecular complexity index is 1540. The van der Waals surface area contributed by atoms with Gasteiger partial charge in [0.2, 0.25) is 11.8 Å². The number of anilines is 1. The third-order valence-corrected chi connectivity index (χ3v) is 9.08. The standard InChI is InChI=1S/C28H27Cl3F3N3O4S/c1-3-25(27(39)35-4-2)36(16-18-10-12-23(30)24(31)14-18)26(38)17-37(42(40,41)20-8-6-5-7-9-20)19-11-13-22(29)21(15-19)28(32,33)34/h5-15,25H,3-4,16-17H2,1-2H3,(H,35,39)/t25-/m1/s1. The maximum absolute atomic E-state index is 14.0. The molecule has 0 unspecified atom stereocenters. The van der Waals surface area contributed by atoms with Crippen LogP contribution < -0.4 is 9.62 Å². The van der Waals surface area contributed by atoms with Crippen LogP contribution in [0.2, 0.25) is 15.1 Å². The fourth-order valence-electron chi connectivity index (χ4n) is 4.18. The lowest BCUT2D eigenvalue weighted by Crippen LogP contribution is -2.52. The number of sulfonamides is 1. The maximum atomic E-state index is 14.0. The largest absolute Gasteiger partial charge is 0.417 e. The highest BCUT2D eigenvalue weighted by Gasteiger charge is 2.37. The number of alkyl halides is 3. The molecule has 0 aliphatic heterocycles. The summed E-state index contributed by atoms with van der Waals surface area (Å²) in [4.78, 5) is 27.8. The van der Waals surface area contributed by atoms with Crippen molar-refractivity contribution in [2.24, 2.45) is 0 Å². The van der Waals surface area contributed by atoms with Crippen LogP contribution in [0.4, 0.5) is 18.9 Å². The average molecular weight is 665 g/mol. The number of nitrogens with zero attached hydrogens (tertiary/aromatic N) is 2. The first-order valence-corrected chi connectivity index (χ1v) is 15.2. The number of hydrogen-bond donors (Lipinski definition) is 1. The van der Waals surface area contributed by atoms with Crippen LogP contribution in [0, 0.1) is 0 Å². The molecule has 3 aromatic rings. The average Bonchev–Trinajstić information content (AvgIpc) is 2.93. The SMILES string of the molecule is CCNC(=O)[C@@H](CC)N(Cc1ccc(Cl)c(Cl)c1)C(=O)CN(c1ccc(Cl)c(C(F)(F)F)c1)S(=O)(=O)c1ccccc1. The van der Waals surface area contributed by atoms with Crippen LogP contribution in [0.25, 0.3) is 0 Å². The molecule has 1 atom stereocenters. The van der Waals surface area contributed by atoms with Crippen LogP contribution in [0.15, 0.2) is 71.6 Å².